The lowest BCUT2D eigenvalue weighted by Crippen LogP contribution is -2.38. The van der Waals surface area contributed by atoms with E-state index in [0.29, 0.717) is 10.7 Å². The molecule has 14 heavy (non-hydrogen) atoms. The summed E-state index contributed by atoms with van der Waals surface area (Å²) < 4.78 is 0. The first kappa shape index (κ1) is 11.0. The van der Waals surface area contributed by atoms with E-state index in [9.17, 15) is 4.79 Å². The Morgan fingerprint density at radius 3 is 2.93 bits per heavy atom. The van der Waals surface area contributed by atoms with Crippen LogP contribution >= 0.6 is 11.6 Å². The van der Waals surface area contributed by atoms with Crippen LogP contribution in [-0.2, 0) is 4.79 Å². The SMILES string of the molecule is NC(CO)C(=O)Nc1cccc(Cl)c1. The molecule has 5 heteroatoms. The van der Waals surface area contributed by atoms with Crippen LogP contribution in [-0.4, -0.2) is 23.7 Å². The highest BCUT2D eigenvalue weighted by atomic mass is 35.5. The van der Waals surface area contributed by atoms with Crippen LogP contribution in [0, 0.1) is 0 Å². The number of nitrogens with one attached hydrogen (secondary N) is 1. The Labute approximate surface area is 86.7 Å². The lowest BCUT2D eigenvalue weighted by Gasteiger charge is -2.09. The van der Waals surface area contributed by atoms with Gasteiger partial charge in [0.2, 0.25) is 5.91 Å². The number of anilines is 1. The molecule has 0 heterocycles. The molecule has 1 aromatic carbocycles. The molecule has 0 fully saturated rings. The van der Waals surface area contributed by atoms with E-state index in [0.717, 1.165) is 0 Å². The molecule has 1 amide bonds. The topological polar surface area (TPSA) is 75.3 Å². The molecule has 0 aliphatic carbocycles. The van der Waals surface area contributed by atoms with Crippen molar-refractivity contribution in [3.8, 4) is 0 Å². The van der Waals surface area contributed by atoms with Crippen molar-refractivity contribution < 1.29 is 9.90 Å². The van der Waals surface area contributed by atoms with Crippen molar-refractivity contribution in [3.63, 3.8) is 0 Å². The van der Waals surface area contributed by atoms with Crippen LogP contribution in [0.2, 0.25) is 5.02 Å². The standard InChI is InChI=1S/C9H11ClN2O2/c10-6-2-1-3-7(4-6)12-9(14)8(11)5-13/h1-4,8,13H,5,11H2,(H,12,14). The maximum Gasteiger partial charge on any atom is 0.243 e. The number of carbonyl (C=O) groups is 1. The van der Waals surface area contributed by atoms with Crippen molar-refractivity contribution in [2.75, 3.05) is 11.9 Å². The fourth-order valence-corrected chi connectivity index (χ4v) is 1.07. The predicted molar refractivity (Wildman–Crippen MR) is 55.1 cm³/mol. The summed E-state index contributed by atoms with van der Waals surface area (Å²) in [5, 5.41) is 11.7. The number of benzene rings is 1. The van der Waals surface area contributed by atoms with Gasteiger partial charge in [0, 0.05) is 10.7 Å². The van der Waals surface area contributed by atoms with E-state index < -0.39 is 11.9 Å². The maximum absolute atomic E-state index is 11.2. The number of rotatable bonds is 3. The fourth-order valence-electron chi connectivity index (χ4n) is 0.884. The highest BCUT2D eigenvalue weighted by molar-refractivity contribution is 6.30. The summed E-state index contributed by atoms with van der Waals surface area (Å²) >= 11 is 5.71. The Balaban J connectivity index is 2.65. The van der Waals surface area contributed by atoms with Crippen LogP contribution in [0.4, 0.5) is 5.69 Å². The van der Waals surface area contributed by atoms with Gasteiger partial charge in [0.15, 0.2) is 0 Å². The first-order valence-electron chi connectivity index (χ1n) is 4.06. The highest BCUT2D eigenvalue weighted by Gasteiger charge is 2.11. The van der Waals surface area contributed by atoms with Gasteiger partial charge >= 0.3 is 0 Å². The molecule has 1 aromatic rings. The first-order chi connectivity index (χ1) is 6.63. The second kappa shape index (κ2) is 4.95. The number of hydrogen-bond acceptors (Lipinski definition) is 3. The van der Waals surface area contributed by atoms with Crippen molar-refractivity contribution >= 4 is 23.2 Å². The van der Waals surface area contributed by atoms with E-state index in [1.54, 1.807) is 24.3 Å². The Morgan fingerprint density at radius 2 is 2.36 bits per heavy atom. The summed E-state index contributed by atoms with van der Waals surface area (Å²) in [5.41, 5.74) is 5.87. The van der Waals surface area contributed by atoms with E-state index in [1.165, 1.54) is 0 Å². The van der Waals surface area contributed by atoms with Crippen LogP contribution in [0.3, 0.4) is 0 Å². The minimum atomic E-state index is -0.908. The Bertz CT molecular complexity index is 330. The minimum Gasteiger partial charge on any atom is -0.394 e. The van der Waals surface area contributed by atoms with Gasteiger partial charge in [-0.05, 0) is 18.2 Å². The van der Waals surface area contributed by atoms with Gasteiger partial charge in [-0.1, -0.05) is 17.7 Å². The summed E-state index contributed by atoms with van der Waals surface area (Å²) in [6, 6.07) is 5.79. The molecule has 0 spiro atoms. The molecule has 4 N–H and O–H groups in total. The van der Waals surface area contributed by atoms with Gasteiger partial charge in [0.25, 0.3) is 0 Å². The Kier molecular flexibility index (Phi) is 3.88. The molecular weight excluding hydrogens is 204 g/mol. The zero-order valence-corrected chi connectivity index (χ0v) is 8.16. The van der Waals surface area contributed by atoms with Crippen LogP contribution in [0.5, 0.6) is 0 Å². The van der Waals surface area contributed by atoms with E-state index in [1.807, 2.05) is 0 Å². The molecule has 1 unspecified atom stereocenters. The molecule has 0 radical (unpaired) electrons. The average molecular weight is 215 g/mol. The molecule has 1 rings (SSSR count). The van der Waals surface area contributed by atoms with Gasteiger partial charge in [-0.15, -0.1) is 0 Å². The van der Waals surface area contributed by atoms with Crippen LogP contribution in [0.15, 0.2) is 24.3 Å². The average Bonchev–Trinajstić information content (AvgIpc) is 2.16. The summed E-state index contributed by atoms with van der Waals surface area (Å²) in [7, 11) is 0. The quantitative estimate of drug-likeness (QED) is 0.690. The summed E-state index contributed by atoms with van der Waals surface area (Å²) in [5.74, 6) is -0.435. The third-order valence-electron chi connectivity index (χ3n) is 1.63. The second-order valence-corrected chi connectivity index (χ2v) is 3.23. The van der Waals surface area contributed by atoms with E-state index >= 15 is 0 Å². The van der Waals surface area contributed by atoms with Crippen LogP contribution in [0.1, 0.15) is 0 Å². The lowest BCUT2D eigenvalue weighted by atomic mass is 10.2. The van der Waals surface area contributed by atoms with Crippen LogP contribution < -0.4 is 11.1 Å². The molecule has 0 bridgehead atoms. The van der Waals surface area contributed by atoms with Gasteiger partial charge in [-0.25, -0.2) is 0 Å². The molecule has 0 aliphatic rings. The number of aliphatic hydroxyl groups excluding tert-OH is 1. The molecule has 0 aliphatic heterocycles. The summed E-state index contributed by atoms with van der Waals surface area (Å²) in [6.07, 6.45) is 0. The number of halogens is 1. The molecule has 0 saturated carbocycles. The van der Waals surface area contributed by atoms with Crippen molar-refractivity contribution in [1.82, 2.24) is 0 Å². The number of amides is 1. The fraction of sp³-hybridized carbons (Fsp3) is 0.222. The van der Waals surface area contributed by atoms with Gasteiger partial charge in [0.05, 0.1) is 6.61 Å². The zero-order valence-electron chi connectivity index (χ0n) is 7.40. The first-order valence-corrected chi connectivity index (χ1v) is 4.44. The monoisotopic (exact) mass is 214 g/mol. The Morgan fingerprint density at radius 1 is 1.64 bits per heavy atom. The third kappa shape index (κ3) is 2.99. The molecule has 1 atom stereocenters. The zero-order chi connectivity index (χ0) is 10.6. The molecule has 0 aromatic heterocycles. The van der Waals surface area contributed by atoms with Crippen molar-refractivity contribution in [2.45, 2.75) is 6.04 Å². The smallest absolute Gasteiger partial charge is 0.243 e. The normalized spacial score (nSPS) is 12.2. The van der Waals surface area contributed by atoms with Gasteiger partial charge in [0.1, 0.15) is 6.04 Å². The third-order valence-corrected chi connectivity index (χ3v) is 1.86. The van der Waals surface area contributed by atoms with Crippen molar-refractivity contribution in [3.05, 3.63) is 29.3 Å². The number of nitrogens with two attached hydrogens (primary N) is 1. The molecule has 76 valence electrons. The molecule has 4 nitrogen and oxygen atoms in total. The maximum atomic E-state index is 11.2. The summed E-state index contributed by atoms with van der Waals surface area (Å²) in [4.78, 5) is 11.2. The van der Waals surface area contributed by atoms with Crippen molar-refractivity contribution in [1.29, 1.82) is 0 Å². The lowest BCUT2D eigenvalue weighted by molar-refractivity contribution is -0.118. The summed E-state index contributed by atoms with van der Waals surface area (Å²) in [6.45, 7) is -0.383. The predicted octanol–water partition coefficient (Wildman–Crippen LogP) is 0.598. The van der Waals surface area contributed by atoms with Gasteiger partial charge in [-0.3, -0.25) is 4.79 Å². The van der Waals surface area contributed by atoms with Gasteiger partial charge < -0.3 is 16.2 Å². The van der Waals surface area contributed by atoms with E-state index in [4.69, 9.17) is 22.4 Å². The molecular formula is C9H11ClN2O2. The van der Waals surface area contributed by atoms with Crippen LogP contribution in [0.25, 0.3) is 0 Å². The van der Waals surface area contributed by atoms with E-state index in [2.05, 4.69) is 5.32 Å². The number of carbonyl (C=O) groups excluding carboxylic acids is 1. The van der Waals surface area contributed by atoms with Gasteiger partial charge in [-0.2, -0.15) is 0 Å². The highest BCUT2D eigenvalue weighted by Crippen LogP contribution is 2.14. The van der Waals surface area contributed by atoms with Crippen molar-refractivity contribution in [2.24, 2.45) is 5.73 Å². The molecule has 0 saturated heterocycles. The Hall–Kier alpha value is -1.10. The largest absolute Gasteiger partial charge is 0.394 e. The van der Waals surface area contributed by atoms with E-state index in [-0.39, 0.29) is 6.61 Å². The number of aliphatic hydroxyl groups is 1. The minimum absolute atomic E-state index is 0.383. The number of hydrogen-bond donors (Lipinski definition) is 3. The second-order valence-electron chi connectivity index (χ2n) is 2.79.